The van der Waals surface area contributed by atoms with Gasteiger partial charge in [0.05, 0.1) is 5.75 Å². The zero-order valence-electron chi connectivity index (χ0n) is 7.39. The van der Waals surface area contributed by atoms with Gasteiger partial charge in [-0.3, -0.25) is 0 Å². The van der Waals surface area contributed by atoms with Gasteiger partial charge in [0.2, 0.25) is 9.84 Å². The van der Waals surface area contributed by atoms with Crippen molar-refractivity contribution in [1.82, 2.24) is 20.6 Å². The van der Waals surface area contributed by atoms with Gasteiger partial charge in [-0.05, 0) is 16.8 Å². The summed E-state index contributed by atoms with van der Waals surface area (Å²) in [5, 5.41) is 11.9. The van der Waals surface area contributed by atoms with Crippen molar-refractivity contribution in [3.63, 3.8) is 0 Å². The zero-order chi connectivity index (χ0) is 9.73. The third-order valence-corrected chi connectivity index (χ3v) is 3.23. The molecule has 13 heavy (non-hydrogen) atoms. The Morgan fingerprint density at radius 3 is 2.69 bits per heavy atom. The quantitative estimate of drug-likeness (QED) is 0.690. The smallest absolute Gasteiger partial charge is 0.230 e. The second kappa shape index (κ2) is 4.31. The van der Waals surface area contributed by atoms with Crippen LogP contribution in [0, 0.1) is 0 Å². The Morgan fingerprint density at radius 2 is 2.15 bits per heavy atom. The molecule has 6 nitrogen and oxygen atoms in total. The van der Waals surface area contributed by atoms with E-state index in [2.05, 4.69) is 20.6 Å². The third-order valence-electron chi connectivity index (χ3n) is 1.64. The fourth-order valence-electron chi connectivity index (χ4n) is 0.921. The number of H-pyrrole nitrogens is 1. The number of aromatic nitrogens is 4. The van der Waals surface area contributed by atoms with E-state index < -0.39 is 9.84 Å². The monoisotopic (exact) mass is 204 g/mol. The largest absolute Gasteiger partial charge is 0.265 e. The third kappa shape index (κ3) is 2.76. The first-order valence-electron chi connectivity index (χ1n) is 4.13. The highest BCUT2D eigenvalue weighted by molar-refractivity contribution is 7.91. The lowest BCUT2D eigenvalue weighted by atomic mass is 10.3. The number of aromatic amines is 1. The molecule has 0 saturated heterocycles. The highest BCUT2D eigenvalue weighted by Gasteiger charge is 2.17. The lowest BCUT2D eigenvalue weighted by Crippen LogP contribution is -2.08. The van der Waals surface area contributed by atoms with Crippen LogP contribution in [0.4, 0.5) is 0 Å². The molecule has 1 rings (SSSR count). The summed E-state index contributed by atoms with van der Waals surface area (Å²) in [6, 6.07) is 0. The number of hydrogen-bond acceptors (Lipinski definition) is 5. The summed E-state index contributed by atoms with van der Waals surface area (Å²) >= 11 is 0. The van der Waals surface area contributed by atoms with Crippen LogP contribution in [0.5, 0.6) is 0 Å². The van der Waals surface area contributed by atoms with E-state index in [1.165, 1.54) is 0 Å². The van der Waals surface area contributed by atoms with Crippen LogP contribution in [0.15, 0.2) is 5.16 Å². The molecular weight excluding hydrogens is 192 g/mol. The molecule has 74 valence electrons. The number of rotatable bonds is 5. The Balaban J connectivity index is 2.58. The molecule has 0 saturated carbocycles. The number of sulfone groups is 1. The molecule has 0 atom stereocenters. The van der Waals surface area contributed by atoms with Crippen molar-refractivity contribution in [2.45, 2.75) is 31.3 Å². The Labute approximate surface area is 76.7 Å². The molecule has 1 heterocycles. The van der Waals surface area contributed by atoms with Gasteiger partial charge in [-0.2, -0.15) is 0 Å². The number of hydrogen-bond donors (Lipinski definition) is 1. The van der Waals surface area contributed by atoms with E-state index in [9.17, 15) is 8.42 Å². The lowest BCUT2D eigenvalue weighted by molar-refractivity contribution is 0.582. The second-order valence-corrected chi connectivity index (χ2v) is 4.76. The first kappa shape index (κ1) is 10.1. The standard InChI is InChI=1S/C6H12N4O2S/c1-2-3-4-5-13(11,12)6-7-9-10-8-6/h2-5H2,1H3,(H,7,8,9,10). The van der Waals surface area contributed by atoms with Crippen LogP contribution in [0.1, 0.15) is 26.2 Å². The number of unbranched alkanes of at least 4 members (excludes halogenated alkanes) is 2. The SMILES string of the molecule is CCCCCS(=O)(=O)c1nnn[nH]1. The lowest BCUT2D eigenvalue weighted by Gasteiger charge is -1.97. The zero-order valence-corrected chi connectivity index (χ0v) is 8.21. The number of nitrogens with one attached hydrogen (secondary N) is 1. The molecular formula is C6H12N4O2S. The van der Waals surface area contributed by atoms with Crippen molar-refractivity contribution in [1.29, 1.82) is 0 Å². The van der Waals surface area contributed by atoms with Crippen LogP contribution < -0.4 is 0 Å². The van der Waals surface area contributed by atoms with Crippen molar-refractivity contribution in [2.75, 3.05) is 5.75 Å². The fourth-order valence-corrected chi connectivity index (χ4v) is 2.04. The van der Waals surface area contributed by atoms with Crippen molar-refractivity contribution < 1.29 is 8.42 Å². The summed E-state index contributed by atoms with van der Waals surface area (Å²) in [7, 11) is -3.28. The molecule has 0 aromatic carbocycles. The average molecular weight is 204 g/mol. The van der Waals surface area contributed by atoms with Crippen LogP contribution >= 0.6 is 0 Å². The van der Waals surface area contributed by atoms with E-state index in [4.69, 9.17) is 0 Å². The topological polar surface area (TPSA) is 88.6 Å². The van der Waals surface area contributed by atoms with Gasteiger partial charge >= 0.3 is 0 Å². The molecule has 1 N–H and O–H groups in total. The molecule has 0 unspecified atom stereocenters. The summed E-state index contributed by atoms with van der Waals surface area (Å²) in [5.41, 5.74) is 0. The van der Waals surface area contributed by atoms with Crippen molar-refractivity contribution in [2.24, 2.45) is 0 Å². The van der Waals surface area contributed by atoms with E-state index in [1.807, 2.05) is 6.92 Å². The minimum absolute atomic E-state index is 0.109. The van der Waals surface area contributed by atoms with Gasteiger partial charge in [0.15, 0.2) is 0 Å². The number of tetrazole rings is 1. The first-order chi connectivity index (χ1) is 6.17. The molecule has 1 aromatic rings. The minimum Gasteiger partial charge on any atom is -0.230 e. The van der Waals surface area contributed by atoms with Crippen molar-refractivity contribution >= 4 is 9.84 Å². The maximum Gasteiger partial charge on any atom is 0.265 e. The molecule has 1 aromatic heterocycles. The Morgan fingerprint density at radius 1 is 1.38 bits per heavy atom. The molecule has 0 fully saturated rings. The van der Waals surface area contributed by atoms with E-state index in [0.717, 1.165) is 12.8 Å². The highest BCUT2D eigenvalue weighted by Crippen LogP contribution is 2.05. The molecule has 0 amide bonds. The molecule has 0 aliphatic heterocycles. The van der Waals surface area contributed by atoms with Gasteiger partial charge in [-0.1, -0.05) is 24.9 Å². The Hall–Kier alpha value is -0.980. The fraction of sp³-hybridized carbons (Fsp3) is 0.833. The maximum atomic E-state index is 11.4. The van der Waals surface area contributed by atoms with Crippen LogP contribution in [-0.2, 0) is 9.84 Å². The summed E-state index contributed by atoms with van der Waals surface area (Å²) in [6.45, 7) is 2.02. The average Bonchev–Trinajstić information content (AvgIpc) is 2.56. The summed E-state index contributed by atoms with van der Waals surface area (Å²) in [5.74, 6) is 0.109. The van der Waals surface area contributed by atoms with Crippen LogP contribution in [0.25, 0.3) is 0 Å². The summed E-state index contributed by atoms with van der Waals surface area (Å²) < 4.78 is 22.8. The van der Waals surface area contributed by atoms with E-state index in [-0.39, 0.29) is 10.9 Å². The van der Waals surface area contributed by atoms with Gasteiger partial charge in [0.25, 0.3) is 5.16 Å². The predicted molar refractivity (Wildman–Crippen MR) is 45.8 cm³/mol. The molecule has 0 aliphatic rings. The van der Waals surface area contributed by atoms with Crippen LogP contribution in [-0.4, -0.2) is 34.8 Å². The normalized spacial score (nSPS) is 11.8. The molecule has 0 spiro atoms. The minimum atomic E-state index is -3.28. The Kier molecular flexibility index (Phi) is 3.35. The highest BCUT2D eigenvalue weighted by atomic mass is 32.2. The van der Waals surface area contributed by atoms with Gasteiger partial charge in [0.1, 0.15) is 0 Å². The van der Waals surface area contributed by atoms with Crippen molar-refractivity contribution in [3.8, 4) is 0 Å². The van der Waals surface area contributed by atoms with Gasteiger partial charge in [0, 0.05) is 0 Å². The van der Waals surface area contributed by atoms with Crippen molar-refractivity contribution in [3.05, 3.63) is 0 Å². The Bertz CT molecular complexity index is 332. The first-order valence-corrected chi connectivity index (χ1v) is 5.78. The van der Waals surface area contributed by atoms with E-state index in [0.29, 0.717) is 6.42 Å². The maximum absolute atomic E-state index is 11.4. The molecule has 0 aliphatic carbocycles. The molecule has 7 heteroatoms. The van der Waals surface area contributed by atoms with Crippen LogP contribution in [0.2, 0.25) is 0 Å². The summed E-state index contributed by atoms with van der Waals surface area (Å²) in [6.07, 6.45) is 2.55. The molecule has 0 bridgehead atoms. The molecule has 0 radical (unpaired) electrons. The van der Waals surface area contributed by atoms with E-state index in [1.54, 1.807) is 0 Å². The van der Waals surface area contributed by atoms with E-state index >= 15 is 0 Å². The van der Waals surface area contributed by atoms with Gasteiger partial charge in [-0.25, -0.2) is 13.5 Å². The second-order valence-electron chi connectivity index (χ2n) is 2.73. The van der Waals surface area contributed by atoms with Gasteiger partial charge < -0.3 is 0 Å². The number of nitrogens with zero attached hydrogens (tertiary/aromatic N) is 3. The summed E-state index contributed by atoms with van der Waals surface area (Å²) in [4.78, 5) is 0. The predicted octanol–water partition coefficient (Wildman–Crippen LogP) is 0.164. The van der Waals surface area contributed by atoms with Crippen LogP contribution in [0.3, 0.4) is 0 Å². The van der Waals surface area contributed by atoms with Gasteiger partial charge in [-0.15, -0.1) is 0 Å².